The topological polar surface area (TPSA) is 41.1 Å². The summed E-state index contributed by atoms with van der Waals surface area (Å²) in [5, 5.41) is 8.05. The number of unbranched alkanes of at least 4 members (excludes halogenated alkanes) is 1. The van der Waals surface area contributed by atoms with Gasteiger partial charge in [0.15, 0.2) is 0 Å². The molecule has 3 heteroatoms. The van der Waals surface area contributed by atoms with E-state index in [1.54, 1.807) is 0 Å². The molecule has 3 aromatic carbocycles. The average Bonchev–Trinajstić information content (AvgIpc) is 2.63. The molecule has 3 aromatic rings. The van der Waals surface area contributed by atoms with E-state index in [9.17, 15) is 4.79 Å². The Morgan fingerprint density at radius 2 is 1.54 bits per heavy atom. The van der Waals surface area contributed by atoms with Crippen LogP contribution < -0.4 is 10.6 Å². The molecule has 0 spiro atoms. The Hall–Kier alpha value is -2.81. The van der Waals surface area contributed by atoms with Gasteiger partial charge in [0, 0.05) is 11.9 Å². The standard InChI is InChI=1S/C21H22N2O/c24-21(22-16-7-6-11-17-9-2-1-3-10-17)23-20-15-8-13-18-12-4-5-14-19(18)20/h1-5,8-10,12-15H,6-7,11,16H2,(H2,22,23,24). The van der Waals surface area contributed by atoms with E-state index < -0.39 is 0 Å². The third kappa shape index (κ3) is 4.35. The Kier molecular flexibility index (Phi) is 5.46. The van der Waals surface area contributed by atoms with Crippen molar-refractivity contribution in [3.8, 4) is 0 Å². The summed E-state index contributed by atoms with van der Waals surface area (Å²) in [6.45, 7) is 0.684. The van der Waals surface area contributed by atoms with Crippen LogP contribution in [0.1, 0.15) is 18.4 Å². The smallest absolute Gasteiger partial charge is 0.319 e. The van der Waals surface area contributed by atoms with Gasteiger partial charge in [0.2, 0.25) is 0 Å². The van der Waals surface area contributed by atoms with Crippen LogP contribution in [0.2, 0.25) is 0 Å². The van der Waals surface area contributed by atoms with Crippen LogP contribution in [0.3, 0.4) is 0 Å². The van der Waals surface area contributed by atoms with Gasteiger partial charge in [-0.25, -0.2) is 4.79 Å². The highest BCUT2D eigenvalue weighted by atomic mass is 16.2. The zero-order valence-electron chi connectivity index (χ0n) is 13.7. The van der Waals surface area contributed by atoms with E-state index in [1.165, 1.54) is 5.56 Å². The van der Waals surface area contributed by atoms with Gasteiger partial charge in [-0.3, -0.25) is 0 Å². The number of carbonyl (C=O) groups excluding carboxylic acids is 1. The van der Waals surface area contributed by atoms with E-state index in [4.69, 9.17) is 0 Å². The zero-order chi connectivity index (χ0) is 16.6. The molecule has 0 saturated heterocycles. The maximum atomic E-state index is 12.1. The first-order valence-corrected chi connectivity index (χ1v) is 8.39. The molecule has 0 aliphatic rings. The van der Waals surface area contributed by atoms with E-state index >= 15 is 0 Å². The highest BCUT2D eigenvalue weighted by Gasteiger charge is 2.04. The van der Waals surface area contributed by atoms with Crippen molar-refractivity contribution >= 4 is 22.5 Å². The van der Waals surface area contributed by atoms with E-state index in [2.05, 4.69) is 34.9 Å². The zero-order valence-corrected chi connectivity index (χ0v) is 13.7. The number of hydrogen-bond acceptors (Lipinski definition) is 1. The maximum Gasteiger partial charge on any atom is 0.319 e. The Labute approximate surface area is 142 Å². The summed E-state index contributed by atoms with van der Waals surface area (Å²) in [5.74, 6) is 0. The van der Waals surface area contributed by atoms with Crippen LogP contribution >= 0.6 is 0 Å². The predicted molar refractivity (Wildman–Crippen MR) is 100 cm³/mol. The molecule has 3 rings (SSSR count). The molecule has 122 valence electrons. The Morgan fingerprint density at radius 1 is 0.792 bits per heavy atom. The molecular formula is C21H22N2O. The highest BCUT2D eigenvalue weighted by molar-refractivity contribution is 6.01. The third-order valence-electron chi connectivity index (χ3n) is 4.06. The number of benzene rings is 3. The fourth-order valence-electron chi connectivity index (χ4n) is 2.80. The summed E-state index contributed by atoms with van der Waals surface area (Å²) in [6.07, 6.45) is 3.09. The number of amides is 2. The number of rotatable bonds is 6. The number of hydrogen-bond donors (Lipinski definition) is 2. The molecule has 2 amide bonds. The molecule has 0 fully saturated rings. The van der Waals surface area contributed by atoms with Crippen molar-refractivity contribution < 1.29 is 4.79 Å². The van der Waals surface area contributed by atoms with Crippen LogP contribution in [0.4, 0.5) is 10.5 Å². The van der Waals surface area contributed by atoms with Crippen molar-refractivity contribution in [2.45, 2.75) is 19.3 Å². The van der Waals surface area contributed by atoms with Crippen molar-refractivity contribution in [1.29, 1.82) is 0 Å². The van der Waals surface area contributed by atoms with Crippen LogP contribution in [0.5, 0.6) is 0 Å². The van der Waals surface area contributed by atoms with Gasteiger partial charge in [0.05, 0.1) is 5.69 Å². The first-order valence-electron chi connectivity index (χ1n) is 8.39. The lowest BCUT2D eigenvalue weighted by atomic mass is 10.1. The molecule has 0 bridgehead atoms. The van der Waals surface area contributed by atoms with E-state index in [-0.39, 0.29) is 6.03 Å². The van der Waals surface area contributed by atoms with Crippen LogP contribution in [0.25, 0.3) is 10.8 Å². The largest absolute Gasteiger partial charge is 0.338 e. The summed E-state index contributed by atoms with van der Waals surface area (Å²) in [5.41, 5.74) is 2.19. The minimum absolute atomic E-state index is 0.147. The molecule has 0 heterocycles. The van der Waals surface area contributed by atoms with Crippen LogP contribution in [-0.4, -0.2) is 12.6 Å². The average molecular weight is 318 g/mol. The fraction of sp³-hybridized carbons (Fsp3) is 0.190. The van der Waals surface area contributed by atoms with Crippen molar-refractivity contribution in [3.05, 3.63) is 78.4 Å². The summed E-state index contributed by atoms with van der Waals surface area (Å²) < 4.78 is 0. The molecule has 0 atom stereocenters. The number of nitrogens with one attached hydrogen (secondary N) is 2. The van der Waals surface area contributed by atoms with Gasteiger partial charge in [-0.15, -0.1) is 0 Å². The number of aryl methyl sites for hydroxylation is 1. The summed E-state index contributed by atoms with van der Waals surface area (Å²) in [4.78, 5) is 12.1. The Balaban J connectivity index is 1.44. The van der Waals surface area contributed by atoms with Crippen LogP contribution in [0, 0.1) is 0 Å². The second-order valence-electron chi connectivity index (χ2n) is 5.85. The molecule has 24 heavy (non-hydrogen) atoms. The van der Waals surface area contributed by atoms with Crippen molar-refractivity contribution in [2.24, 2.45) is 0 Å². The van der Waals surface area contributed by atoms with Crippen LogP contribution in [-0.2, 0) is 6.42 Å². The SMILES string of the molecule is O=C(NCCCCc1ccccc1)Nc1cccc2ccccc12. The van der Waals surface area contributed by atoms with Gasteiger partial charge in [-0.2, -0.15) is 0 Å². The van der Waals surface area contributed by atoms with Gasteiger partial charge < -0.3 is 10.6 Å². The lowest BCUT2D eigenvalue weighted by Crippen LogP contribution is -2.29. The van der Waals surface area contributed by atoms with Crippen LogP contribution in [0.15, 0.2) is 72.8 Å². The van der Waals surface area contributed by atoms with Crippen molar-refractivity contribution in [1.82, 2.24) is 5.32 Å². The minimum Gasteiger partial charge on any atom is -0.338 e. The molecule has 0 saturated carbocycles. The highest BCUT2D eigenvalue weighted by Crippen LogP contribution is 2.22. The number of carbonyl (C=O) groups is 1. The van der Waals surface area contributed by atoms with Gasteiger partial charge in [-0.05, 0) is 36.3 Å². The Morgan fingerprint density at radius 3 is 2.42 bits per heavy atom. The normalized spacial score (nSPS) is 10.5. The second kappa shape index (κ2) is 8.16. The number of anilines is 1. The van der Waals surface area contributed by atoms with E-state index in [0.717, 1.165) is 35.7 Å². The number of urea groups is 1. The fourth-order valence-corrected chi connectivity index (χ4v) is 2.80. The van der Waals surface area contributed by atoms with Gasteiger partial charge in [0.25, 0.3) is 0 Å². The van der Waals surface area contributed by atoms with Gasteiger partial charge >= 0.3 is 6.03 Å². The molecule has 0 radical (unpaired) electrons. The first kappa shape index (κ1) is 16.1. The molecule has 0 aliphatic carbocycles. The van der Waals surface area contributed by atoms with E-state index in [1.807, 2.05) is 48.5 Å². The lowest BCUT2D eigenvalue weighted by molar-refractivity contribution is 0.252. The second-order valence-corrected chi connectivity index (χ2v) is 5.85. The summed E-state index contributed by atoms with van der Waals surface area (Å²) in [7, 11) is 0. The number of fused-ring (bicyclic) bond motifs is 1. The summed E-state index contributed by atoms with van der Waals surface area (Å²) in [6, 6.07) is 24.3. The monoisotopic (exact) mass is 318 g/mol. The lowest BCUT2D eigenvalue weighted by Gasteiger charge is -2.10. The first-order chi connectivity index (χ1) is 11.8. The van der Waals surface area contributed by atoms with Gasteiger partial charge in [0.1, 0.15) is 0 Å². The molecule has 0 aromatic heterocycles. The molecule has 0 unspecified atom stereocenters. The van der Waals surface area contributed by atoms with E-state index in [0.29, 0.717) is 6.54 Å². The summed E-state index contributed by atoms with van der Waals surface area (Å²) >= 11 is 0. The predicted octanol–water partition coefficient (Wildman–Crippen LogP) is 4.98. The molecule has 0 aliphatic heterocycles. The van der Waals surface area contributed by atoms with Crippen molar-refractivity contribution in [3.63, 3.8) is 0 Å². The Bertz CT molecular complexity index is 794. The quantitative estimate of drug-likeness (QED) is 0.618. The van der Waals surface area contributed by atoms with Crippen molar-refractivity contribution in [2.75, 3.05) is 11.9 Å². The molecule has 3 nitrogen and oxygen atoms in total. The maximum absolute atomic E-state index is 12.1. The third-order valence-corrected chi connectivity index (χ3v) is 4.06. The minimum atomic E-state index is -0.147. The van der Waals surface area contributed by atoms with Gasteiger partial charge in [-0.1, -0.05) is 66.7 Å². The molecule has 2 N–H and O–H groups in total. The molecular weight excluding hydrogens is 296 g/mol.